The standard InChI is InChI=1S/C8H10N4O3/c9-6(12-15)4-11-8(14)5-1-2-10-7(13)3-5/h1-3,15H,4H2,(H2,9,12)(H,10,13)(H,11,14). The molecule has 1 aromatic heterocycles. The van der Waals surface area contributed by atoms with Crippen LogP contribution in [0.3, 0.4) is 0 Å². The number of amides is 1. The number of nitrogens with two attached hydrogens (primary N) is 1. The van der Waals surface area contributed by atoms with Crippen LogP contribution in [-0.2, 0) is 0 Å². The SMILES string of the molecule is N/C(CNC(=O)c1cc[nH]c(=O)c1)=N/O. The molecule has 7 nitrogen and oxygen atoms in total. The second-order valence-electron chi connectivity index (χ2n) is 2.72. The predicted molar refractivity (Wildman–Crippen MR) is 52.8 cm³/mol. The monoisotopic (exact) mass is 210 g/mol. The molecular formula is C8H10N4O3. The largest absolute Gasteiger partial charge is 0.409 e. The Morgan fingerprint density at radius 1 is 1.67 bits per heavy atom. The number of aromatic nitrogens is 1. The van der Waals surface area contributed by atoms with Crippen LogP contribution in [0.2, 0.25) is 0 Å². The zero-order valence-electron chi connectivity index (χ0n) is 7.73. The number of oxime groups is 1. The van der Waals surface area contributed by atoms with E-state index >= 15 is 0 Å². The van der Waals surface area contributed by atoms with Crippen LogP contribution in [0.25, 0.3) is 0 Å². The van der Waals surface area contributed by atoms with Crippen molar-refractivity contribution in [3.8, 4) is 0 Å². The van der Waals surface area contributed by atoms with Crippen molar-refractivity contribution in [2.75, 3.05) is 6.54 Å². The molecular weight excluding hydrogens is 200 g/mol. The highest BCUT2D eigenvalue weighted by Gasteiger charge is 2.05. The molecule has 1 aromatic rings. The summed E-state index contributed by atoms with van der Waals surface area (Å²) in [6, 6.07) is 2.60. The first-order chi connectivity index (χ1) is 7.13. The van der Waals surface area contributed by atoms with E-state index in [4.69, 9.17) is 10.9 Å². The third-order valence-corrected chi connectivity index (χ3v) is 1.60. The van der Waals surface area contributed by atoms with Crippen LogP contribution >= 0.6 is 0 Å². The van der Waals surface area contributed by atoms with E-state index in [2.05, 4.69) is 15.5 Å². The molecule has 5 N–H and O–H groups in total. The lowest BCUT2D eigenvalue weighted by molar-refractivity contribution is 0.0959. The van der Waals surface area contributed by atoms with E-state index in [0.29, 0.717) is 0 Å². The number of aromatic amines is 1. The zero-order chi connectivity index (χ0) is 11.3. The van der Waals surface area contributed by atoms with Crippen LogP contribution < -0.4 is 16.6 Å². The minimum absolute atomic E-state index is 0.0812. The lowest BCUT2D eigenvalue weighted by Crippen LogP contribution is -2.33. The lowest BCUT2D eigenvalue weighted by atomic mass is 10.2. The average Bonchev–Trinajstić information content (AvgIpc) is 2.25. The Morgan fingerprint density at radius 3 is 3.00 bits per heavy atom. The van der Waals surface area contributed by atoms with Gasteiger partial charge in [0.15, 0.2) is 5.84 Å². The van der Waals surface area contributed by atoms with Gasteiger partial charge in [-0.05, 0) is 6.07 Å². The minimum Gasteiger partial charge on any atom is -0.409 e. The van der Waals surface area contributed by atoms with Gasteiger partial charge >= 0.3 is 0 Å². The quantitative estimate of drug-likeness (QED) is 0.218. The molecule has 0 aliphatic carbocycles. The van der Waals surface area contributed by atoms with Crippen LogP contribution in [0.1, 0.15) is 10.4 Å². The van der Waals surface area contributed by atoms with E-state index in [0.717, 1.165) is 6.07 Å². The molecule has 1 heterocycles. The van der Waals surface area contributed by atoms with Crippen LogP contribution in [-0.4, -0.2) is 28.5 Å². The van der Waals surface area contributed by atoms with Crippen molar-refractivity contribution < 1.29 is 10.0 Å². The van der Waals surface area contributed by atoms with Gasteiger partial charge in [0, 0.05) is 17.8 Å². The fourth-order valence-electron chi connectivity index (χ4n) is 0.894. The van der Waals surface area contributed by atoms with Crippen molar-refractivity contribution in [1.29, 1.82) is 0 Å². The lowest BCUT2D eigenvalue weighted by Gasteiger charge is -2.02. The maximum atomic E-state index is 11.4. The third-order valence-electron chi connectivity index (χ3n) is 1.60. The number of rotatable bonds is 3. The summed E-state index contributed by atoms with van der Waals surface area (Å²) in [7, 11) is 0. The summed E-state index contributed by atoms with van der Waals surface area (Å²) >= 11 is 0. The van der Waals surface area contributed by atoms with E-state index in [-0.39, 0.29) is 23.5 Å². The second-order valence-corrected chi connectivity index (χ2v) is 2.72. The van der Waals surface area contributed by atoms with Gasteiger partial charge in [0.2, 0.25) is 5.56 Å². The molecule has 0 unspecified atom stereocenters. The van der Waals surface area contributed by atoms with Crippen molar-refractivity contribution >= 4 is 11.7 Å². The molecule has 15 heavy (non-hydrogen) atoms. The maximum absolute atomic E-state index is 11.4. The highest BCUT2D eigenvalue weighted by Crippen LogP contribution is 1.91. The summed E-state index contributed by atoms with van der Waals surface area (Å²) in [5.74, 6) is -0.583. The molecule has 0 aliphatic heterocycles. The third kappa shape index (κ3) is 3.14. The Balaban J connectivity index is 2.66. The molecule has 0 bridgehead atoms. The Kier molecular flexibility index (Phi) is 3.44. The van der Waals surface area contributed by atoms with Crippen molar-refractivity contribution in [3.63, 3.8) is 0 Å². The molecule has 80 valence electrons. The number of hydrogen-bond acceptors (Lipinski definition) is 4. The Bertz CT molecular complexity index is 438. The summed E-state index contributed by atoms with van der Waals surface area (Å²) in [4.78, 5) is 24.6. The van der Waals surface area contributed by atoms with Crippen LogP contribution in [0.15, 0.2) is 28.3 Å². The number of pyridine rings is 1. The number of nitrogens with zero attached hydrogens (tertiary/aromatic N) is 1. The highest BCUT2D eigenvalue weighted by atomic mass is 16.4. The fourth-order valence-corrected chi connectivity index (χ4v) is 0.894. The maximum Gasteiger partial charge on any atom is 0.251 e. The summed E-state index contributed by atoms with van der Waals surface area (Å²) < 4.78 is 0. The minimum atomic E-state index is -0.465. The second kappa shape index (κ2) is 4.80. The van der Waals surface area contributed by atoms with Crippen molar-refractivity contribution in [3.05, 3.63) is 34.2 Å². The molecule has 0 aliphatic rings. The molecule has 0 fully saturated rings. The van der Waals surface area contributed by atoms with Gasteiger partial charge in [0.1, 0.15) is 0 Å². The number of carbonyl (C=O) groups excluding carboxylic acids is 1. The first-order valence-electron chi connectivity index (χ1n) is 4.07. The molecule has 0 aromatic carbocycles. The van der Waals surface area contributed by atoms with Gasteiger partial charge in [-0.1, -0.05) is 5.16 Å². The van der Waals surface area contributed by atoms with Crippen LogP contribution in [0, 0.1) is 0 Å². The molecule has 0 saturated carbocycles. The van der Waals surface area contributed by atoms with Crippen LogP contribution in [0.5, 0.6) is 0 Å². The predicted octanol–water partition coefficient (Wildman–Crippen LogP) is -1.15. The smallest absolute Gasteiger partial charge is 0.251 e. The van der Waals surface area contributed by atoms with Crippen LogP contribution in [0.4, 0.5) is 0 Å². The molecule has 7 heteroatoms. The zero-order valence-corrected chi connectivity index (χ0v) is 7.73. The van der Waals surface area contributed by atoms with Gasteiger partial charge < -0.3 is 21.2 Å². The van der Waals surface area contributed by atoms with Gasteiger partial charge in [-0.3, -0.25) is 9.59 Å². The normalized spacial score (nSPS) is 11.1. The van der Waals surface area contributed by atoms with Gasteiger partial charge in [0.05, 0.1) is 6.54 Å². The number of carbonyl (C=O) groups is 1. The summed E-state index contributed by atoms with van der Waals surface area (Å²) in [6.07, 6.45) is 1.36. The fraction of sp³-hybridized carbons (Fsp3) is 0.125. The van der Waals surface area contributed by atoms with Gasteiger partial charge in [-0.25, -0.2) is 0 Å². The molecule has 0 spiro atoms. The molecule has 0 radical (unpaired) electrons. The van der Waals surface area contributed by atoms with E-state index in [9.17, 15) is 9.59 Å². The molecule has 0 saturated heterocycles. The van der Waals surface area contributed by atoms with Crippen molar-refractivity contribution in [2.45, 2.75) is 0 Å². The number of amidine groups is 1. The summed E-state index contributed by atoms with van der Waals surface area (Å²) in [6.45, 7) is -0.0812. The Hall–Kier alpha value is -2.31. The topological polar surface area (TPSA) is 121 Å². The Labute approximate surface area is 84.6 Å². The van der Waals surface area contributed by atoms with Crippen molar-refractivity contribution in [2.24, 2.45) is 10.9 Å². The number of nitrogens with one attached hydrogen (secondary N) is 2. The van der Waals surface area contributed by atoms with Gasteiger partial charge in [0.25, 0.3) is 5.91 Å². The first kappa shape index (κ1) is 10.8. The average molecular weight is 210 g/mol. The van der Waals surface area contributed by atoms with Gasteiger partial charge in [-0.15, -0.1) is 0 Å². The molecule has 0 atom stereocenters. The Morgan fingerprint density at radius 2 is 2.40 bits per heavy atom. The number of hydrogen-bond donors (Lipinski definition) is 4. The van der Waals surface area contributed by atoms with E-state index < -0.39 is 5.91 Å². The molecule has 1 rings (SSSR count). The van der Waals surface area contributed by atoms with Crippen molar-refractivity contribution in [1.82, 2.24) is 10.3 Å². The molecule has 1 amide bonds. The summed E-state index contributed by atoms with van der Waals surface area (Å²) in [5, 5.41) is 13.3. The highest BCUT2D eigenvalue weighted by molar-refractivity contribution is 5.96. The van der Waals surface area contributed by atoms with Gasteiger partial charge in [-0.2, -0.15) is 0 Å². The first-order valence-corrected chi connectivity index (χ1v) is 4.07. The number of H-pyrrole nitrogens is 1. The van der Waals surface area contributed by atoms with E-state index in [1.54, 1.807) is 0 Å². The van der Waals surface area contributed by atoms with E-state index in [1.165, 1.54) is 12.3 Å². The summed E-state index contributed by atoms with van der Waals surface area (Å²) in [5.41, 5.74) is 4.99. The van der Waals surface area contributed by atoms with E-state index in [1.807, 2.05) is 0 Å².